The predicted octanol–water partition coefficient (Wildman–Crippen LogP) is 0.584. The number of ether oxygens (including phenoxy) is 1. The monoisotopic (exact) mass is 256 g/mol. The van der Waals surface area contributed by atoms with Gasteiger partial charge >= 0.3 is 5.69 Å². The number of aromatic nitrogens is 2. The molecular weight excluding hydrogens is 240 g/mol. The van der Waals surface area contributed by atoms with Crippen molar-refractivity contribution in [2.24, 2.45) is 0 Å². The van der Waals surface area contributed by atoms with Gasteiger partial charge in [0.2, 0.25) is 5.95 Å². The van der Waals surface area contributed by atoms with Gasteiger partial charge < -0.3 is 15.2 Å². The first kappa shape index (κ1) is 14.3. The molecule has 0 bridgehead atoms. The summed E-state index contributed by atoms with van der Waals surface area (Å²) in [5, 5.41) is 23.2. The molecular formula is C10H16N4O4. The molecule has 0 aromatic carbocycles. The van der Waals surface area contributed by atoms with E-state index in [1.807, 2.05) is 0 Å². The van der Waals surface area contributed by atoms with Crippen molar-refractivity contribution < 1.29 is 14.8 Å². The third kappa shape index (κ3) is 4.60. The molecule has 0 saturated heterocycles. The highest BCUT2D eigenvalue weighted by atomic mass is 16.6. The summed E-state index contributed by atoms with van der Waals surface area (Å²) in [7, 11) is 1.56. The van der Waals surface area contributed by atoms with Gasteiger partial charge in [-0.2, -0.15) is 0 Å². The molecule has 1 unspecified atom stereocenters. The summed E-state index contributed by atoms with van der Waals surface area (Å²) in [5.41, 5.74) is -1.13. The summed E-state index contributed by atoms with van der Waals surface area (Å²) in [6.45, 7) is 2.33. The number of nitro groups is 1. The Morgan fingerprint density at radius 2 is 2.17 bits per heavy atom. The van der Waals surface area contributed by atoms with Gasteiger partial charge in [0.25, 0.3) is 0 Å². The molecule has 0 amide bonds. The van der Waals surface area contributed by atoms with E-state index in [-0.39, 0.29) is 18.2 Å². The summed E-state index contributed by atoms with van der Waals surface area (Å²) in [5.74, 6) is 0.235. The Labute approximate surface area is 104 Å². The van der Waals surface area contributed by atoms with Crippen LogP contribution in [0.1, 0.15) is 13.3 Å². The van der Waals surface area contributed by atoms with E-state index in [1.165, 1.54) is 0 Å². The van der Waals surface area contributed by atoms with E-state index in [4.69, 9.17) is 4.74 Å². The van der Waals surface area contributed by atoms with Crippen molar-refractivity contribution in [3.63, 3.8) is 0 Å². The highest BCUT2D eigenvalue weighted by Gasteiger charge is 2.20. The van der Waals surface area contributed by atoms with E-state index in [0.29, 0.717) is 13.0 Å². The first-order chi connectivity index (χ1) is 8.44. The van der Waals surface area contributed by atoms with E-state index >= 15 is 0 Å². The van der Waals surface area contributed by atoms with Crippen LogP contribution in [0.15, 0.2) is 12.4 Å². The van der Waals surface area contributed by atoms with E-state index in [9.17, 15) is 15.2 Å². The van der Waals surface area contributed by atoms with Crippen LogP contribution in [0, 0.1) is 10.1 Å². The number of rotatable bonds is 7. The fourth-order valence-electron chi connectivity index (χ4n) is 1.19. The van der Waals surface area contributed by atoms with Gasteiger partial charge in [-0.05, 0) is 6.92 Å². The molecule has 1 rings (SSSR count). The lowest BCUT2D eigenvalue weighted by Gasteiger charge is -2.22. The molecule has 0 aliphatic heterocycles. The summed E-state index contributed by atoms with van der Waals surface area (Å²) < 4.78 is 4.88. The average molecular weight is 256 g/mol. The van der Waals surface area contributed by atoms with Crippen LogP contribution >= 0.6 is 0 Å². The van der Waals surface area contributed by atoms with Crippen molar-refractivity contribution in [1.29, 1.82) is 0 Å². The number of nitrogens with zero attached hydrogens (tertiary/aromatic N) is 3. The van der Waals surface area contributed by atoms with Crippen molar-refractivity contribution in [3.8, 4) is 0 Å². The summed E-state index contributed by atoms with van der Waals surface area (Å²) >= 11 is 0. The zero-order valence-corrected chi connectivity index (χ0v) is 10.3. The van der Waals surface area contributed by atoms with E-state index in [1.54, 1.807) is 14.0 Å². The number of nitrogens with one attached hydrogen (secondary N) is 1. The van der Waals surface area contributed by atoms with Gasteiger partial charge in [-0.15, -0.1) is 0 Å². The molecule has 1 atom stereocenters. The highest BCUT2D eigenvalue weighted by Crippen LogP contribution is 2.12. The molecule has 100 valence electrons. The summed E-state index contributed by atoms with van der Waals surface area (Å²) in [6.07, 6.45) is 2.68. The number of hydrogen-bond acceptors (Lipinski definition) is 7. The normalized spacial score (nSPS) is 13.9. The maximum atomic E-state index is 10.4. The topological polar surface area (TPSA) is 110 Å². The molecule has 0 aliphatic rings. The Morgan fingerprint density at radius 3 is 2.67 bits per heavy atom. The summed E-state index contributed by atoms with van der Waals surface area (Å²) in [6, 6.07) is 0. The van der Waals surface area contributed by atoms with Crippen LogP contribution in [0.25, 0.3) is 0 Å². The van der Waals surface area contributed by atoms with Crippen molar-refractivity contribution >= 4 is 11.6 Å². The molecule has 2 N–H and O–H groups in total. The summed E-state index contributed by atoms with van der Waals surface area (Å²) in [4.78, 5) is 17.4. The van der Waals surface area contributed by atoms with Gasteiger partial charge in [-0.3, -0.25) is 10.1 Å². The quantitative estimate of drug-likeness (QED) is 0.542. The third-order valence-corrected chi connectivity index (χ3v) is 2.32. The van der Waals surface area contributed by atoms with Crippen LogP contribution in [0.5, 0.6) is 0 Å². The lowest BCUT2D eigenvalue weighted by Crippen LogP contribution is -2.35. The molecule has 1 heterocycles. The van der Waals surface area contributed by atoms with Gasteiger partial charge in [-0.25, -0.2) is 9.97 Å². The minimum Gasteiger partial charge on any atom is -0.388 e. The van der Waals surface area contributed by atoms with Gasteiger partial charge in [0.1, 0.15) is 12.4 Å². The number of aliphatic hydroxyl groups is 1. The van der Waals surface area contributed by atoms with Crippen LogP contribution in [-0.2, 0) is 4.74 Å². The Morgan fingerprint density at radius 1 is 1.56 bits per heavy atom. The highest BCUT2D eigenvalue weighted by molar-refractivity contribution is 5.30. The zero-order chi connectivity index (χ0) is 13.6. The molecule has 1 aromatic rings. The minimum absolute atomic E-state index is 0.174. The molecule has 1 aromatic heterocycles. The van der Waals surface area contributed by atoms with Gasteiger partial charge in [0.15, 0.2) is 0 Å². The second kappa shape index (κ2) is 6.22. The van der Waals surface area contributed by atoms with Crippen molar-refractivity contribution in [2.45, 2.75) is 18.9 Å². The molecule has 0 radical (unpaired) electrons. The molecule has 18 heavy (non-hydrogen) atoms. The molecule has 0 saturated carbocycles. The second-order valence-electron chi connectivity index (χ2n) is 4.12. The van der Waals surface area contributed by atoms with Crippen LogP contribution < -0.4 is 5.32 Å². The van der Waals surface area contributed by atoms with Crippen LogP contribution in [-0.4, -0.2) is 45.9 Å². The second-order valence-corrected chi connectivity index (χ2v) is 4.12. The van der Waals surface area contributed by atoms with E-state index < -0.39 is 10.5 Å². The van der Waals surface area contributed by atoms with E-state index in [2.05, 4.69) is 15.3 Å². The van der Waals surface area contributed by atoms with Gasteiger partial charge in [0.05, 0.1) is 10.5 Å². The van der Waals surface area contributed by atoms with Gasteiger partial charge in [0, 0.05) is 26.7 Å². The third-order valence-electron chi connectivity index (χ3n) is 2.32. The molecule has 0 fully saturated rings. The van der Waals surface area contributed by atoms with Crippen molar-refractivity contribution in [1.82, 2.24) is 9.97 Å². The molecule has 8 nitrogen and oxygen atoms in total. The lowest BCUT2D eigenvalue weighted by atomic mass is 10.0. The van der Waals surface area contributed by atoms with Crippen molar-refractivity contribution in [3.05, 3.63) is 22.5 Å². The Balaban J connectivity index is 2.50. The fourth-order valence-corrected chi connectivity index (χ4v) is 1.19. The van der Waals surface area contributed by atoms with E-state index in [0.717, 1.165) is 12.4 Å². The first-order valence-corrected chi connectivity index (χ1v) is 5.36. The maximum absolute atomic E-state index is 10.4. The van der Waals surface area contributed by atoms with Crippen molar-refractivity contribution in [2.75, 3.05) is 25.6 Å². The van der Waals surface area contributed by atoms with Crippen LogP contribution in [0.4, 0.5) is 11.6 Å². The van der Waals surface area contributed by atoms with Crippen LogP contribution in [0.3, 0.4) is 0 Å². The number of hydrogen-bond donors (Lipinski definition) is 2. The lowest BCUT2D eigenvalue weighted by molar-refractivity contribution is -0.385. The van der Waals surface area contributed by atoms with Gasteiger partial charge in [-0.1, -0.05) is 0 Å². The van der Waals surface area contributed by atoms with Crippen LogP contribution in [0.2, 0.25) is 0 Å². The largest absolute Gasteiger partial charge is 0.388 e. The number of anilines is 1. The molecule has 0 spiro atoms. The smallest absolute Gasteiger partial charge is 0.305 e. The standard InChI is InChI=1S/C10H16N4O4/c1-10(15,3-4-18-2)7-13-9-11-5-8(6-12-9)14(16)17/h5-6,15H,3-4,7H2,1-2H3,(H,11,12,13). The zero-order valence-electron chi connectivity index (χ0n) is 10.3. The Hall–Kier alpha value is -1.80. The maximum Gasteiger partial charge on any atom is 0.305 e. The Kier molecular flexibility index (Phi) is 4.93. The first-order valence-electron chi connectivity index (χ1n) is 5.36. The fraction of sp³-hybridized carbons (Fsp3) is 0.600. The molecule has 0 aliphatic carbocycles. The SMILES string of the molecule is COCCC(C)(O)CNc1ncc([N+](=O)[O-])cn1. The molecule has 8 heteroatoms. The average Bonchev–Trinajstić information content (AvgIpc) is 2.35. The number of methoxy groups -OCH3 is 1. The Bertz CT molecular complexity index is 393. The predicted molar refractivity (Wildman–Crippen MR) is 64.3 cm³/mol. The minimum atomic E-state index is -0.957.